The van der Waals surface area contributed by atoms with E-state index in [-0.39, 0.29) is 17.9 Å². The highest BCUT2D eigenvalue weighted by atomic mass is 16.6. The van der Waals surface area contributed by atoms with Crippen LogP contribution in [0.3, 0.4) is 0 Å². The van der Waals surface area contributed by atoms with Gasteiger partial charge in [0.15, 0.2) is 18.1 Å². The van der Waals surface area contributed by atoms with Crippen LogP contribution in [-0.4, -0.2) is 198 Å². The summed E-state index contributed by atoms with van der Waals surface area (Å²) >= 11 is 0. The summed E-state index contributed by atoms with van der Waals surface area (Å²) in [4.78, 5) is 110. The van der Waals surface area contributed by atoms with E-state index in [0.717, 1.165) is 22.8 Å². The fourth-order valence-electron chi connectivity index (χ4n) is 7.81. The second-order valence-corrected chi connectivity index (χ2v) is 17.9. The molecule has 0 aromatic heterocycles. The summed E-state index contributed by atoms with van der Waals surface area (Å²) in [5, 5.41) is 85.8. The number of hydrogen-bond donors (Lipinski definition) is 13. The fourth-order valence-corrected chi connectivity index (χ4v) is 7.81. The number of fused-ring (bicyclic) bond motifs is 2. The number of amides is 7. The molecule has 4 rings (SSSR count). The van der Waals surface area contributed by atoms with E-state index in [1.165, 1.54) is 19.1 Å². The predicted molar refractivity (Wildman–Crippen MR) is 225 cm³/mol. The van der Waals surface area contributed by atoms with Crippen LogP contribution in [0.5, 0.6) is 11.5 Å². The van der Waals surface area contributed by atoms with Crippen molar-refractivity contribution in [3.8, 4) is 11.5 Å². The van der Waals surface area contributed by atoms with Crippen LogP contribution in [0.4, 0.5) is 0 Å². The van der Waals surface area contributed by atoms with Gasteiger partial charge in [-0.3, -0.25) is 33.6 Å². The summed E-state index contributed by atoms with van der Waals surface area (Å²) in [6, 6.07) is -7.33. The fraction of sp³-hybridized carbons (Fsp3) is 0.659. The molecule has 3 saturated heterocycles. The van der Waals surface area contributed by atoms with Gasteiger partial charge < -0.3 is 87.8 Å². The molecule has 0 bridgehead atoms. The summed E-state index contributed by atoms with van der Waals surface area (Å²) < 4.78 is 10.7. The average Bonchev–Trinajstić information content (AvgIpc) is 3.76. The number of benzene rings is 1. The van der Waals surface area contributed by atoms with E-state index in [1.54, 1.807) is 20.8 Å². The van der Waals surface area contributed by atoms with Crippen LogP contribution in [0.2, 0.25) is 0 Å². The SMILES string of the molecule is C[C@@H](O)[C@@H]1NC(=O)C(N)C[C@@H](O)CNC(=O)[C@@H]2[C@@H](O)[C@@H](C)CN2C(=O)[C@H]([C@H](O)CC(N)=O)NC(=O)[C@H]([C@H](O)Cc2ccc(O)c(OCC(=O)OC(C)(C)C)c2)NC(=O)[C@@H]2C[C@@H](O)CN2C1=O. The van der Waals surface area contributed by atoms with Gasteiger partial charge in [-0.15, -0.1) is 0 Å². The summed E-state index contributed by atoms with van der Waals surface area (Å²) in [6.07, 6.45) is -12.7. The van der Waals surface area contributed by atoms with E-state index < -0.39 is 183 Å². The number of nitrogens with one attached hydrogen (secondary N) is 4. The van der Waals surface area contributed by atoms with Gasteiger partial charge in [-0.2, -0.15) is 0 Å². The van der Waals surface area contributed by atoms with Crippen LogP contribution < -0.4 is 37.5 Å². The van der Waals surface area contributed by atoms with Gasteiger partial charge in [-0.1, -0.05) is 13.0 Å². The van der Waals surface area contributed by atoms with E-state index in [2.05, 4.69) is 21.3 Å². The van der Waals surface area contributed by atoms with Crippen molar-refractivity contribution >= 4 is 47.3 Å². The minimum atomic E-state index is -2.15. The Hall–Kier alpha value is -5.70. The number of ether oxygens (including phenoxy) is 2. The molecule has 3 aliphatic rings. The van der Waals surface area contributed by atoms with Crippen molar-refractivity contribution < 1.29 is 83.6 Å². The summed E-state index contributed by atoms with van der Waals surface area (Å²) in [6.45, 7) is 5.41. The molecule has 0 spiro atoms. The van der Waals surface area contributed by atoms with Crippen molar-refractivity contribution in [2.24, 2.45) is 17.4 Å². The first kappa shape index (κ1) is 52.9. The summed E-state index contributed by atoms with van der Waals surface area (Å²) in [5.41, 5.74) is 10.6. The summed E-state index contributed by atoms with van der Waals surface area (Å²) in [5.74, 6) is -10.4. The van der Waals surface area contributed by atoms with Crippen LogP contribution in [0.15, 0.2) is 18.2 Å². The molecule has 7 amide bonds. The number of esters is 1. The minimum Gasteiger partial charge on any atom is -0.504 e. The molecular formula is C41H62N8O17. The first-order valence-electron chi connectivity index (χ1n) is 21.3. The van der Waals surface area contributed by atoms with Gasteiger partial charge in [-0.25, -0.2) is 4.79 Å². The van der Waals surface area contributed by atoms with Crippen LogP contribution in [0.25, 0.3) is 0 Å². The zero-order valence-electron chi connectivity index (χ0n) is 37.2. The lowest BCUT2D eigenvalue weighted by molar-refractivity contribution is -0.157. The van der Waals surface area contributed by atoms with Crippen LogP contribution in [0, 0.1) is 5.92 Å². The van der Waals surface area contributed by atoms with Gasteiger partial charge in [0.05, 0.1) is 49.1 Å². The van der Waals surface area contributed by atoms with Gasteiger partial charge in [0.2, 0.25) is 41.4 Å². The van der Waals surface area contributed by atoms with Crippen LogP contribution in [0.1, 0.15) is 59.4 Å². The van der Waals surface area contributed by atoms with E-state index in [4.69, 9.17) is 20.9 Å². The number of hydrogen-bond acceptors (Lipinski definition) is 18. The van der Waals surface area contributed by atoms with Gasteiger partial charge >= 0.3 is 5.97 Å². The molecule has 3 heterocycles. The number of carbonyl (C=O) groups excluding carboxylic acids is 8. The zero-order valence-corrected chi connectivity index (χ0v) is 37.2. The van der Waals surface area contributed by atoms with Crippen molar-refractivity contribution in [2.45, 2.75) is 139 Å². The normalized spacial score (nSPS) is 30.1. The number of aliphatic hydroxyl groups is 6. The molecule has 3 aliphatic heterocycles. The Morgan fingerprint density at radius 3 is 2.08 bits per heavy atom. The highest BCUT2D eigenvalue weighted by molar-refractivity contribution is 5.98. The maximum atomic E-state index is 14.4. The van der Waals surface area contributed by atoms with E-state index in [0.29, 0.717) is 0 Å². The molecule has 368 valence electrons. The minimum absolute atomic E-state index is 0.131. The third kappa shape index (κ3) is 13.7. The molecule has 1 unspecified atom stereocenters. The number of aromatic hydroxyl groups is 1. The smallest absolute Gasteiger partial charge is 0.344 e. The van der Waals surface area contributed by atoms with Gasteiger partial charge in [-0.05, 0) is 51.8 Å². The van der Waals surface area contributed by atoms with Crippen molar-refractivity contribution in [3.05, 3.63) is 23.8 Å². The van der Waals surface area contributed by atoms with Crippen molar-refractivity contribution in [3.63, 3.8) is 0 Å². The molecule has 3 fully saturated rings. The number of phenolic OH excluding ortho intramolecular Hbond substituents is 1. The van der Waals surface area contributed by atoms with Crippen LogP contribution in [-0.2, 0) is 49.5 Å². The molecule has 0 aliphatic carbocycles. The number of primary amides is 1. The topological polar surface area (TPSA) is 403 Å². The molecule has 66 heavy (non-hydrogen) atoms. The molecule has 1 aromatic carbocycles. The number of aliphatic hydroxyl groups excluding tert-OH is 6. The third-order valence-electron chi connectivity index (χ3n) is 11.1. The Kier molecular flexibility index (Phi) is 17.8. The van der Waals surface area contributed by atoms with E-state index in [9.17, 15) is 74.1 Å². The van der Waals surface area contributed by atoms with Crippen LogP contribution >= 0.6 is 0 Å². The lowest BCUT2D eigenvalue weighted by Crippen LogP contribution is -2.64. The first-order valence-corrected chi connectivity index (χ1v) is 21.3. The Balaban J connectivity index is 1.80. The van der Waals surface area contributed by atoms with E-state index in [1.807, 2.05) is 0 Å². The zero-order chi connectivity index (χ0) is 49.5. The maximum absolute atomic E-state index is 14.4. The standard InChI is InChI=1S/C41H62N8O17/c1-17-14-49-33(34(17)58)38(62)44-13-20(51)10-22(42)35(59)45-30(18(2)50)39(63)48-15-21(52)11-23(48)36(60)46-31(37(61)47-32(40(49)64)26(55)12-28(43)56)25(54)8-19-6-7-24(53)27(9-19)65-16-29(57)66-41(3,4)5/h6-7,9,17-18,20-23,25-26,30-34,50-55,58H,8,10-16,42H2,1-5H3,(H2,43,56)(H,44,62)(H,45,59)(H,46,60)(H,47,61)/t17-,18+,20+,21+,22?,23-,25+,26+,30-,31-,32-,33-,34-/m0/s1. The number of nitrogens with zero attached hydrogens (tertiary/aromatic N) is 2. The second kappa shape index (κ2) is 22.2. The van der Waals surface area contributed by atoms with Gasteiger partial charge in [0.25, 0.3) is 0 Å². The van der Waals surface area contributed by atoms with Gasteiger partial charge in [0, 0.05) is 38.4 Å². The number of nitrogens with two attached hydrogens (primary N) is 2. The molecule has 15 N–H and O–H groups in total. The molecule has 0 radical (unpaired) electrons. The highest BCUT2D eigenvalue weighted by Gasteiger charge is 2.49. The van der Waals surface area contributed by atoms with Crippen molar-refractivity contribution in [1.29, 1.82) is 0 Å². The lowest BCUT2D eigenvalue weighted by atomic mass is 9.98. The second-order valence-electron chi connectivity index (χ2n) is 17.9. The monoisotopic (exact) mass is 938 g/mol. The predicted octanol–water partition coefficient (Wildman–Crippen LogP) is -6.53. The van der Waals surface area contributed by atoms with E-state index >= 15 is 0 Å². The quantitative estimate of drug-likeness (QED) is 0.0970. The molecule has 25 nitrogen and oxygen atoms in total. The molecule has 13 atom stereocenters. The molecule has 1 aromatic rings. The van der Waals surface area contributed by atoms with Gasteiger partial charge in [0.1, 0.15) is 35.8 Å². The average molecular weight is 939 g/mol. The van der Waals surface area contributed by atoms with Crippen molar-refractivity contribution in [2.75, 3.05) is 26.2 Å². The summed E-state index contributed by atoms with van der Waals surface area (Å²) in [7, 11) is 0. The molecular weight excluding hydrogens is 876 g/mol. The molecule has 0 saturated carbocycles. The molecule has 25 heteroatoms. The van der Waals surface area contributed by atoms with Crippen molar-refractivity contribution in [1.82, 2.24) is 31.1 Å². The number of phenols is 1. The Morgan fingerprint density at radius 2 is 1.45 bits per heavy atom. The Bertz CT molecular complexity index is 1980. The lowest BCUT2D eigenvalue weighted by Gasteiger charge is -2.33. The number of rotatable bonds is 10. The Labute approximate surface area is 379 Å². The third-order valence-corrected chi connectivity index (χ3v) is 11.1. The maximum Gasteiger partial charge on any atom is 0.344 e. The first-order chi connectivity index (χ1) is 30.7. The Morgan fingerprint density at radius 1 is 0.833 bits per heavy atom. The number of carbonyl (C=O) groups is 8. The highest BCUT2D eigenvalue weighted by Crippen LogP contribution is 2.29. The largest absolute Gasteiger partial charge is 0.504 e. The number of β-amino-alcohol motifs (C(OH)–C–C–N with tert-alkyl or cyclic N) is 1.